The van der Waals surface area contributed by atoms with Crippen molar-refractivity contribution in [1.82, 2.24) is 9.55 Å². The van der Waals surface area contributed by atoms with Crippen molar-refractivity contribution < 1.29 is 9.50 Å². The molecular weight excluding hydrogens is 305 g/mol. The van der Waals surface area contributed by atoms with E-state index in [0.29, 0.717) is 17.7 Å². The van der Waals surface area contributed by atoms with Crippen LogP contribution in [0, 0.1) is 17.1 Å². The fraction of sp³-hybridized carbons (Fsp3) is 0.158. The zero-order valence-electron chi connectivity index (χ0n) is 12.7. The lowest BCUT2D eigenvalue weighted by Gasteiger charge is -2.23. The third kappa shape index (κ3) is 2.04. The minimum atomic E-state index is -1.22. The first-order valence-electron chi connectivity index (χ1n) is 7.63. The molecule has 2 aromatic carbocycles. The molecule has 5 heteroatoms. The van der Waals surface area contributed by atoms with Crippen LogP contribution in [0.25, 0.3) is 0 Å². The van der Waals surface area contributed by atoms with Gasteiger partial charge in [0, 0.05) is 12.0 Å². The molecule has 0 amide bonds. The maximum Gasteiger partial charge on any atom is 0.133 e. The number of hydrogen-bond acceptors (Lipinski definition) is 3. The van der Waals surface area contributed by atoms with E-state index in [1.807, 2.05) is 36.4 Å². The van der Waals surface area contributed by atoms with E-state index in [0.717, 1.165) is 5.56 Å². The Morgan fingerprint density at radius 1 is 1.25 bits per heavy atom. The number of halogens is 1. The van der Waals surface area contributed by atoms with Crippen LogP contribution in [0.5, 0.6) is 0 Å². The molecule has 0 saturated heterocycles. The molecular formula is C19H14FN3O. The maximum atomic E-state index is 14.5. The van der Waals surface area contributed by atoms with Gasteiger partial charge in [-0.25, -0.2) is 9.37 Å². The molecule has 1 aliphatic rings. The summed E-state index contributed by atoms with van der Waals surface area (Å²) in [5.41, 5.74) is 0.896. The summed E-state index contributed by atoms with van der Waals surface area (Å²) in [6.45, 7) is 0. The van der Waals surface area contributed by atoms with Gasteiger partial charge in [0.15, 0.2) is 0 Å². The number of imidazole rings is 1. The quantitative estimate of drug-likeness (QED) is 0.789. The van der Waals surface area contributed by atoms with Crippen molar-refractivity contribution in [3.8, 4) is 6.07 Å². The SMILES string of the molecule is N#Cc1ccc(C2CC(O)(c3ccccc3)c3cncn32)c(F)c1. The summed E-state index contributed by atoms with van der Waals surface area (Å²) in [7, 11) is 0. The lowest BCUT2D eigenvalue weighted by molar-refractivity contribution is 0.0792. The van der Waals surface area contributed by atoms with E-state index in [2.05, 4.69) is 4.98 Å². The van der Waals surface area contributed by atoms with E-state index in [-0.39, 0.29) is 11.6 Å². The Balaban J connectivity index is 1.83. The summed E-state index contributed by atoms with van der Waals surface area (Å²) in [6.07, 6.45) is 3.55. The van der Waals surface area contributed by atoms with E-state index >= 15 is 0 Å². The number of benzene rings is 2. The first-order chi connectivity index (χ1) is 11.6. The summed E-state index contributed by atoms with van der Waals surface area (Å²) < 4.78 is 16.3. The zero-order chi connectivity index (χ0) is 16.7. The van der Waals surface area contributed by atoms with Crippen LogP contribution in [0.4, 0.5) is 4.39 Å². The normalized spacial score (nSPS) is 22.1. The van der Waals surface area contributed by atoms with E-state index in [1.54, 1.807) is 29.2 Å². The Hall–Kier alpha value is -2.97. The lowest BCUT2D eigenvalue weighted by atomic mass is 9.86. The molecule has 4 rings (SSSR count). The molecule has 2 heterocycles. The van der Waals surface area contributed by atoms with Crippen molar-refractivity contribution in [3.63, 3.8) is 0 Å². The molecule has 118 valence electrons. The number of fused-ring (bicyclic) bond motifs is 1. The van der Waals surface area contributed by atoms with Gasteiger partial charge in [-0.15, -0.1) is 0 Å². The molecule has 0 bridgehead atoms. The number of aliphatic hydroxyl groups is 1. The Morgan fingerprint density at radius 3 is 2.75 bits per heavy atom. The van der Waals surface area contributed by atoms with E-state index in [1.165, 1.54) is 6.07 Å². The minimum Gasteiger partial charge on any atom is -0.379 e. The molecule has 1 aromatic heterocycles. The molecule has 0 aliphatic carbocycles. The van der Waals surface area contributed by atoms with Gasteiger partial charge in [0.1, 0.15) is 11.4 Å². The largest absolute Gasteiger partial charge is 0.379 e. The molecule has 2 unspecified atom stereocenters. The minimum absolute atomic E-state index is 0.276. The highest BCUT2D eigenvalue weighted by Gasteiger charge is 2.45. The topological polar surface area (TPSA) is 61.8 Å². The van der Waals surface area contributed by atoms with Crippen molar-refractivity contribution in [2.24, 2.45) is 0 Å². The zero-order valence-corrected chi connectivity index (χ0v) is 12.7. The highest BCUT2D eigenvalue weighted by atomic mass is 19.1. The van der Waals surface area contributed by atoms with Crippen LogP contribution in [0.3, 0.4) is 0 Å². The number of hydrogen-bond donors (Lipinski definition) is 1. The lowest BCUT2D eigenvalue weighted by Crippen LogP contribution is -2.24. The van der Waals surface area contributed by atoms with E-state index in [4.69, 9.17) is 5.26 Å². The van der Waals surface area contributed by atoms with Crippen molar-refractivity contribution >= 4 is 0 Å². The molecule has 0 saturated carbocycles. The molecule has 2 atom stereocenters. The predicted octanol–water partition coefficient (Wildman–Crippen LogP) is 3.12. The predicted molar refractivity (Wildman–Crippen MR) is 85.5 cm³/mol. The highest BCUT2D eigenvalue weighted by Crippen LogP contribution is 2.46. The van der Waals surface area contributed by atoms with Gasteiger partial charge in [-0.05, 0) is 17.7 Å². The fourth-order valence-corrected chi connectivity index (χ4v) is 3.46. The van der Waals surface area contributed by atoms with Crippen LogP contribution in [0.1, 0.15) is 34.8 Å². The molecule has 1 N–H and O–H groups in total. The van der Waals surface area contributed by atoms with Crippen molar-refractivity contribution in [3.05, 3.63) is 89.3 Å². The Bertz CT molecular complexity index is 945. The Morgan fingerprint density at radius 2 is 2.04 bits per heavy atom. The molecule has 1 aliphatic heterocycles. The number of aromatic nitrogens is 2. The van der Waals surface area contributed by atoms with Gasteiger partial charge in [-0.1, -0.05) is 36.4 Å². The van der Waals surface area contributed by atoms with Gasteiger partial charge in [-0.3, -0.25) is 0 Å². The van der Waals surface area contributed by atoms with Crippen LogP contribution in [0.2, 0.25) is 0 Å². The van der Waals surface area contributed by atoms with Crippen LogP contribution >= 0.6 is 0 Å². The standard InChI is InChI=1S/C19H14FN3O/c20-16-8-13(10-21)6-7-15(16)17-9-19(24,14-4-2-1-3-5-14)18-11-22-12-23(17)18/h1-8,11-12,17,24H,9H2. The molecule has 24 heavy (non-hydrogen) atoms. The number of nitriles is 1. The third-order valence-corrected chi connectivity index (χ3v) is 4.65. The molecule has 0 radical (unpaired) electrons. The van der Waals surface area contributed by atoms with E-state index < -0.39 is 11.4 Å². The van der Waals surface area contributed by atoms with Crippen molar-refractivity contribution in [2.75, 3.05) is 0 Å². The maximum absolute atomic E-state index is 14.5. The average molecular weight is 319 g/mol. The van der Waals surface area contributed by atoms with Gasteiger partial charge in [0.25, 0.3) is 0 Å². The Labute approximate surface area is 138 Å². The van der Waals surface area contributed by atoms with Crippen LogP contribution in [0.15, 0.2) is 61.1 Å². The van der Waals surface area contributed by atoms with Crippen molar-refractivity contribution in [1.29, 1.82) is 5.26 Å². The van der Waals surface area contributed by atoms with Crippen LogP contribution < -0.4 is 0 Å². The monoisotopic (exact) mass is 319 g/mol. The van der Waals surface area contributed by atoms with Crippen molar-refractivity contribution in [2.45, 2.75) is 18.1 Å². The number of nitrogens with zero attached hydrogens (tertiary/aromatic N) is 3. The molecule has 0 fully saturated rings. The molecule has 4 nitrogen and oxygen atoms in total. The Kier molecular flexibility index (Phi) is 3.22. The van der Waals surface area contributed by atoms with Gasteiger partial charge < -0.3 is 9.67 Å². The number of rotatable bonds is 2. The first kappa shape index (κ1) is 14.6. The summed E-state index contributed by atoms with van der Waals surface area (Å²) in [4.78, 5) is 4.13. The van der Waals surface area contributed by atoms with Gasteiger partial charge in [-0.2, -0.15) is 5.26 Å². The van der Waals surface area contributed by atoms with Gasteiger partial charge in [0.2, 0.25) is 0 Å². The van der Waals surface area contributed by atoms with E-state index in [9.17, 15) is 9.50 Å². The fourth-order valence-electron chi connectivity index (χ4n) is 3.46. The second kappa shape index (κ2) is 5.29. The third-order valence-electron chi connectivity index (χ3n) is 4.65. The summed E-state index contributed by atoms with van der Waals surface area (Å²) in [5, 5.41) is 20.2. The summed E-state index contributed by atoms with van der Waals surface area (Å²) in [6, 6.07) is 15.3. The second-order valence-corrected chi connectivity index (χ2v) is 5.98. The van der Waals surface area contributed by atoms with Gasteiger partial charge in [0.05, 0.1) is 35.9 Å². The first-order valence-corrected chi connectivity index (χ1v) is 7.63. The van der Waals surface area contributed by atoms with Gasteiger partial charge >= 0.3 is 0 Å². The van der Waals surface area contributed by atoms with Crippen LogP contribution in [-0.2, 0) is 5.60 Å². The molecule has 3 aromatic rings. The second-order valence-electron chi connectivity index (χ2n) is 5.98. The van der Waals surface area contributed by atoms with Crippen LogP contribution in [-0.4, -0.2) is 14.7 Å². The summed E-state index contributed by atoms with van der Waals surface area (Å²) >= 11 is 0. The highest BCUT2D eigenvalue weighted by molar-refractivity contribution is 5.40. The molecule has 0 spiro atoms. The summed E-state index contributed by atoms with van der Waals surface area (Å²) in [5.74, 6) is -0.448. The smallest absolute Gasteiger partial charge is 0.133 e. The average Bonchev–Trinajstić information content (AvgIpc) is 3.19.